The molecule has 5 rings (SSSR count). The molecule has 20 heavy (non-hydrogen) atoms. The molecule has 7 heteroatoms. The summed E-state index contributed by atoms with van der Waals surface area (Å²) in [6, 6.07) is 0. The van der Waals surface area contributed by atoms with Gasteiger partial charge >= 0.3 is 0 Å². The lowest BCUT2D eigenvalue weighted by Gasteiger charge is -2.60. The van der Waals surface area contributed by atoms with E-state index in [-0.39, 0.29) is 10.6 Å². The fourth-order valence-corrected chi connectivity index (χ4v) is 6.15. The van der Waals surface area contributed by atoms with Crippen molar-refractivity contribution in [1.82, 2.24) is 15.2 Å². The number of nitrogens with zero attached hydrogens (tertiary/aromatic N) is 2. The van der Waals surface area contributed by atoms with Crippen LogP contribution in [0.5, 0.6) is 0 Å². The highest BCUT2D eigenvalue weighted by Gasteiger charge is 2.57. The van der Waals surface area contributed by atoms with Crippen LogP contribution in [0.1, 0.15) is 51.3 Å². The molecule has 4 bridgehead atoms. The SMILES string of the molecule is CC12CC3CC(C1)CC(c1nc(S(=O)(=O)Cl)n[nH]1)(C3)C2. The summed E-state index contributed by atoms with van der Waals surface area (Å²) in [6.07, 6.45) is 7.24. The highest BCUT2D eigenvalue weighted by atomic mass is 35.7. The number of hydrogen-bond donors (Lipinski definition) is 1. The van der Waals surface area contributed by atoms with Crippen LogP contribution in [0.4, 0.5) is 0 Å². The molecule has 0 saturated heterocycles. The minimum absolute atomic E-state index is 0.00827. The van der Waals surface area contributed by atoms with Gasteiger partial charge in [0, 0.05) is 16.1 Å². The van der Waals surface area contributed by atoms with E-state index in [2.05, 4.69) is 22.1 Å². The van der Waals surface area contributed by atoms with Crippen molar-refractivity contribution in [2.45, 2.75) is 56.0 Å². The lowest BCUT2D eigenvalue weighted by atomic mass is 9.44. The second kappa shape index (κ2) is 3.77. The molecule has 110 valence electrons. The molecule has 4 saturated carbocycles. The molecule has 0 amide bonds. The Hall–Kier alpha value is -0.620. The van der Waals surface area contributed by atoms with Gasteiger partial charge in [-0.25, -0.2) is 13.4 Å². The van der Waals surface area contributed by atoms with Gasteiger partial charge in [0.15, 0.2) is 0 Å². The summed E-state index contributed by atoms with van der Waals surface area (Å²) in [6.45, 7) is 2.37. The smallest absolute Gasteiger partial charge is 0.261 e. The van der Waals surface area contributed by atoms with Crippen molar-refractivity contribution in [2.75, 3.05) is 0 Å². The summed E-state index contributed by atoms with van der Waals surface area (Å²) in [5.74, 6) is 2.24. The van der Waals surface area contributed by atoms with E-state index in [4.69, 9.17) is 10.7 Å². The molecule has 2 atom stereocenters. The lowest BCUT2D eigenvalue weighted by molar-refractivity contribution is -0.0647. The van der Waals surface area contributed by atoms with Gasteiger partial charge in [0.2, 0.25) is 0 Å². The number of halogens is 1. The van der Waals surface area contributed by atoms with Crippen molar-refractivity contribution in [1.29, 1.82) is 0 Å². The summed E-state index contributed by atoms with van der Waals surface area (Å²) < 4.78 is 22.7. The van der Waals surface area contributed by atoms with Gasteiger partial charge in [0.25, 0.3) is 14.2 Å². The minimum Gasteiger partial charge on any atom is -0.261 e. The Kier molecular flexibility index (Phi) is 2.46. The van der Waals surface area contributed by atoms with Crippen molar-refractivity contribution in [2.24, 2.45) is 17.3 Å². The van der Waals surface area contributed by atoms with E-state index in [1.165, 1.54) is 19.3 Å². The van der Waals surface area contributed by atoms with Crippen molar-refractivity contribution >= 4 is 19.7 Å². The zero-order valence-corrected chi connectivity index (χ0v) is 13.0. The van der Waals surface area contributed by atoms with Gasteiger partial charge in [-0.3, -0.25) is 5.10 Å². The van der Waals surface area contributed by atoms with Crippen LogP contribution in [0.15, 0.2) is 5.16 Å². The molecule has 0 aliphatic heterocycles. The second-order valence-electron chi connectivity index (χ2n) is 7.46. The summed E-state index contributed by atoms with van der Waals surface area (Å²) in [5.41, 5.74) is 0.378. The van der Waals surface area contributed by atoms with Crippen LogP contribution < -0.4 is 0 Å². The highest BCUT2D eigenvalue weighted by molar-refractivity contribution is 8.13. The molecule has 1 N–H and O–H groups in total. The molecule has 4 aliphatic rings. The second-order valence-corrected chi connectivity index (χ2v) is 9.92. The van der Waals surface area contributed by atoms with Crippen LogP contribution in [-0.4, -0.2) is 23.6 Å². The Morgan fingerprint density at radius 1 is 1.25 bits per heavy atom. The van der Waals surface area contributed by atoms with Gasteiger partial charge in [-0.1, -0.05) is 6.92 Å². The van der Waals surface area contributed by atoms with Crippen LogP contribution >= 0.6 is 10.7 Å². The molecule has 1 heterocycles. The zero-order valence-electron chi connectivity index (χ0n) is 11.4. The molecular formula is C13H18ClN3O2S. The standard InChI is InChI=1S/C13H18ClN3O2S/c1-12-3-8-2-9(4-12)6-13(5-8,7-12)10-15-11(17-16-10)20(14,18)19/h8-9H,2-7H2,1H3,(H,15,16,17). The molecule has 0 aromatic carbocycles. The van der Waals surface area contributed by atoms with E-state index in [1.54, 1.807) is 0 Å². The monoisotopic (exact) mass is 315 g/mol. The van der Waals surface area contributed by atoms with Gasteiger partial charge in [-0.15, -0.1) is 5.10 Å². The summed E-state index contributed by atoms with van der Waals surface area (Å²) in [4.78, 5) is 4.22. The van der Waals surface area contributed by atoms with E-state index in [0.717, 1.165) is 36.9 Å². The predicted octanol–water partition coefficient (Wildman–Crippen LogP) is 2.59. The third-order valence-corrected chi connectivity index (χ3v) is 6.57. The van der Waals surface area contributed by atoms with Gasteiger partial charge in [0.1, 0.15) is 5.82 Å². The largest absolute Gasteiger partial charge is 0.298 e. The van der Waals surface area contributed by atoms with Gasteiger partial charge < -0.3 is 0 Å². The summed E-state index contributed by atoms with van der Waals surface area (Å²) >= 11 is 0. The first-order valence-corrected chi connectivity index (χ1v) is 9.47. The quantitative estimate of drug-likeness (QED) is 0.851. The van der Waals surface area contributed by atoms with E-state index < -0.39 is 9.05 Å². The average Bonchev–Trinajstić information content (AvgIpc) is 2.73. The number of nitrogens with one attached hydrogen (secondary N) is 1. The van der Waals surface area contributed by atoms with Crippen LogP contribution in [-0.2, 0) is 14.5 Å². The topological polar surface area (TPSA) is 75.7 Å². The van der Waals surface area contributed by atoms with Gasteiger partial charge in [0.05, 0.1) is 0 Å². The van der Waals surface area contributed by atoms with Gasteiger partial charge in [-0.2, -0.15) is 0 Å². The highest BCUT2D eigenvalue weighted by Crippen LogP contribution is 2.65. The third kappa shape index (κ3) is 1.84. The lowest BCUT2D eigenvalue weighted by Crippen LogP contribution is -2.53. The van der Waals surface area contributed by atoms with Crippen LogP contribution in [0.3, 0.4) is 0 Å². The molecular weight excluding hydrogens is 298 g/mol. The third-order valence-electron chi connectivity index (χ3n) is 5.54. The maximum atomic E-state index is 11.4. The first-order valence-electron chi connectivity index (χ1n) is 7.16. The molecule has 1 aromatic rings. The fraction of sp³-hybridized carbons (Fsp3) is 0.846. The number of hydrogen-bond acceptors (Lipinski definition) is 4. The van der Waals surface area contributed by atoms with Crippen LogP contribution in [0.2, 0.25) is 0 Å². The number of rotatable bonds is 2. The molecule has 2 unspecified atom stereocenters. The predicted molar refractivity (Wildman–Crippen MR) is 73.9 cm³/mol. The maximum absolute atomic E-state index is 11.4. The summed E-state index contributed by atoms with van der Waals surface area (Å²) in [7, 11) is 1.48. The zero-order chi connectivity index (χ0) is 14.2. The number of aromatic nitrogens is 3. The maximum Gasteiger partial charge on any atom is 0.298 e. The molecule has 1 aromatic heterocycles. The van der Waals surface area contributed by atoms with Crippen molar-refractivity contribution in [3.63, 3.8) is 0 Å². The first kappa shape index (κ1) is 13.1. The Labute approximate surface area is 122 Å². The fourth-order valence-electron chi connectivity index (χ4n) is 5.59. The Morgan fingerprint density at radius 3 is 2.40 bits per heavy atom. The Morgan fingerprint density at radius 2 is 1.90 bits per heavy atom. The Balaban J connectivity index is 1.76. The van der Waals surface area contributed by atoms with Gasteiger partial charge in [-0.05, 0) is 55.8 Å². The molecule has 5 nitrogen and oxygen atoms in total. The molecule has 0 radical (unpaired) electrons. The minimum atomic E-state index is -3.85. The van der Waals surface area contributed by atoms with Crippen LogP contribution in [0, 0.1) is 17.3 Å². The van der Waals surface area contributed by atoms with Crippen molar-refractivity contribution in [3.05, 3.63) is 5.82 Å². The number of H-pyrrole nitrogens is 1. The molecule has 4 aliphatic carbocycles. The van der Waals surface area contributed by atoms with Crippen molar-refractivity contribution < 1.29 is 8.42 Å². The van der Waals surface area contributed by atoms with Crippen LogP contribution in [0.25, 0.3) is 0 Å². The average molecular weight is 316 g/mol. The number of aromatic amines is 1. The molecule has 0 spiro atoms. The van der Waals surface area contributed by atoms with E-state index in [0.29, 0.717) is 5.41 Å². The summed E-state index contributed by atoms with van der Waals surface area (Å²) in [5, 5.41) is 6.39. The first-order chi connectivity index (χ1) is 9.28. The van der Waals surface area contributed by atoms with E-state index >= 15 is 0 Å². The normalized spacial score (nSPS) is 43.1. The molecule has 4 fully saturated rings. The van der Waals surface area contributed by atoms with E-state index in [1.807, 2.05) is 0 Å². The Bertz CT molecular complexity index is 655. The van der Waals surface area contributed by atoms with Crippen molar-refractivity contribution in [3.8, 4) is 0 Å². The van der Waals surface area contributed by atoms with E-state index in [9.17, 15) is 8.42 Å².